The molecule has 0 aromatic rings. The number of rotatable bonds is 5. The maximum absolute atomic E-state index is 11.8. The van der Waals surface area contributed by atoms with E-state index in [2.05, 4.69) is 21.2 Å². The molecule has 2 unspecified atom stereocenters. The summed E-state index contributed by atoms with van der Waals surface area (Å²) >= 11 is 3.30. The molecule has 0 spiro atoms. The summed E-state index contributed by atoms with van der Waals surface area (Å²) in [4.78, 5) is 11.3. The molecule has 0 aromatic carbocycles. The van der Waals surface area contributed by atoms with E-state index in [9.17, 15) is 18.0 Å². The first-order chi connectivity index (χ1) is 6.70. The summed E-state index contributed by atoms with van der Waals surface area (Å²) in [6.07, 6.45) is -5.12. The fraction of sp³-hybridized carbons (Fsp3) is 0.889. The molecule has 0 radical (unpaired) electrons. The van der Waals surface area contributed by atoms with Crippen molar-refractivity contribution in [2.45, 2.75) is 50.2 Å². The van der Waals surface area contributed by atoms with Crippen LogP contribution >= 0.6 is 15.9 Å². The Morgan fingerprint density at radius 3 is 2.33 bits per heavy atom. The Labute approximate surface area is 95.7 Å². The molecule has 0 rings (SSSR count). The van der Waals surface area contributed by atoms with Crippen molar-refractivity contribution in [1.82, 2.24) is 5.32 Å². The van der Waals surface area contributed by atoms with Gasteiger partial charge in [0.05, 0.1) is 6.42 Å². The molecule has 0 aliphatic carbocycles. The fourth-order valence-electron chi connectivity index (χ4n) is 1.15. The zero-order chi connectivity index (χ0) is 12.1. The van der Waals surface area contributed by atoms with Crippen molar-refractivity contribution < 1.29 is 18.0 Å². The molecule has 0 bridgehead atoms. The topological polar surface area (TPSA) is 29.1 Å². The minimum atomic E-state index is -4.26. The van der Waals surface area contributed by atoms with Gasteiger partial charge in [0.25, 0.3) is 0 Å². The molecule has 2 nitrogen and oxygen atoms in total. The van der Waals surface area contributed by atoms with Gasteiger partial charge in [-0.2, -0.15) is 13.2 Å². The van der Waals surface area contributed by atoms with E-state index < -0.39 is 24.9 Å². The second-order valence-electron chi connectivity index (χ2n) is 3.60. The molecule has 0 heterocycles. The molecular weight excluding hydrogens is 275 g/mol. The van der Waals surface area contributed by atoms with E-state index >= 15 is 0 Å². The molecule has 0 aliphatic heterocycles. The summed E-state index contributed by atoms with van der Waals surface area (Å²) in [6, 6.07) is -0.111. The van der Waals surface area contributed by atoms with Gasteiger partial charge >= 0.3 is 6.18 Å². The maximum atomic E-state index is 11.8. The Kier molecular flexibility index (Phi) is 6.24. The molecule has 0 aliphatic rings. The lowest BCUT2D eigenvalue weighted by Gasteiger charge is -2.15. The van der Waals surface area contributed by atoms with Crippen LogP contribution in [0.25, 0.3) is 0 Å². The quantitative estimate of drug-likeness (QED) is 0.775. The second kappa shape index (κ2) is 6.35. The van der Waals surface area contributed by atoms with Crippen LogP contribution in [0.5, 0.6) is 0 Å². The van der Waals surface area contributed by atoms with Gasteiger partial charge in [0.2, 0.25) is 5.91 Å². The molecule has 90 valence electrons. The summed E-state index contributed by atoms with van der Waals surface area (Å²) in [5, 5.41) is 2.51. The Bertz CT molecular complexity index is 206. The van der Waals surface area contributed by atoms with Crippen molar-refractivity contribution in [3.8, 4) is 0 Å². The molecule has 15 heavy (non-hydrogen) atoms. The van der Waals surface area contributed by atoms with Gasteiger partial charge in [0.1, 0.15) is 0 Å². The lowest BCUT2D eigenvalue weighted by atomic mass is 10.2. The first-order valence-corrected chi connectivity index (χ1v) is 5.62. The summed E-state index contributed by atoms with van der Waals surface area (Å²) in [5.74, 6) is -0.548. The first-order valence-electron chi connectivity index (χ1n) is 4.71. The van der Waals surface area contributed by atoms with Crippen LogP contribution in [0, 0.1) is 0 Å². The summed E-state index contributed by atoms with van der Waals surface area (Å²) in [5.41, 5.74) is 0. The number of hydrogen-bond acceptors (Lipinski definition) is 1. The van der Waals surface area contributed by atoms with Crippen LogP contribution in [0.3, 0.4) is 0 Å². The van der Waals surface area contributed by atoms with Gasteiger partial charge in [-0.15, -0.1) is 0 Å². The van der Waals surface area contributed by atoms with E-state index in [4.69, 9.17) is 0 Å². The van der Waals surface area contributed by atoms with Crippen molar-refractivity contribution in [1.29, 1.82) is 0 Å². The van der Waals surface area contributed by atoms with Gasteiger partial charge in [-0.05, 0) is 13.3 Å². The van der Waals surface area contributed by atoms with Gasteiger partial charge in [0.15, 0.2) is 0 Å². The average Bonchev–Trinajstić information content (AvgIpc) is 1.97. The highest BCUT2D eigenvalue weighted by atomic mass is 79.9. The first kappa shape index (κ1) is 14.7. The third kappa shape index (κ3) is 10.0. The zero-order valence-electron chi connectivity index (χ0n) is 8.70. The minimum Gasteiger partial charge on any atom is -0.354 e. The van der Waals surface area contributed by atoms with Crippen LogP contribution in [-0.2, 0) is 4.79 Å². The molecule has 2 atom stereocenters. The van der Waals surface area contributed by atoms with Gasteiger partial charge in [0, 0.05) is 17.3 Å². The van der Waals surface area contributed by atoms with Gasteiger partial charge < -0.3 is 5.32 Å². The molecule has 0 saturated heterocycles. The largest absolute Gasteiger partial charge is 0.389 e. The highest BCUT2D eigenvalue weighted by Gasteiger charge is 2.28. The zero-order valence-corrected chi connectivity index (χ0v) is 10.3. The van der Waals surface area contributed by atoms with Crippen molar-refractivity contribution in [2.75, 3.05) is 0 Å². The molecular formula is C9H15BrF3NO. The average molecular weight is 290 g/mol. The van der Waals surface area contributed by atoms with Crippen molar-refractivity contribution in [3.05, 3.63) is 0 Å². The minimum absolute atomic E-state index is 0.111. The number of halogens is 4. The SMILES string of the molecule is CC(Br)CC(C)NC(=O)CCC(F)(F)F. The van der Waals surface area contributed by atoms with E-state index in [0.717, 1.165) is 0 Å². The Morgan fingerprint density at radius 1 is 1.40 bits per heavy atom. The van der Waals surface area contributed by atoms with E-state index in [0.29, 0.717) is 6.42 Å². The Hall–Kier alpha value is -0.260. The van der Waals surface area contributed by atoms with Gasteiger partial charge in [-0.1, -0.05) is 22.9 Å². The maximum Gasteiger partial charge on any atom is 0.389 e. The molecule has 1 N–H and O–H groups in total. The third-order valence-corrected chi connectivity index (χ3v) is 2.10. The smallest absolute Gasteiger partial charge is 0.354 e. The number of hydrogen-bond donors (Lipinski definition) is 1. The number of carbonyl (C=O) groups excluding carboxylic acids is 1. The number of carbonyl (C=O) groups is 1. The molecule has 0 saturated carbocycles. The predicted molar refractivity (Wildman–Crippen MR) is 55.9 cm³/mol. The predicted octanol–water partition coefficient (Wildman–Crippen LogP) is 3.01. The van der Waals surface area contributed by atoms with Gasteiger partial charge in [-0.3, -0.25) is 4.79 Å². The molecule has 0 fully saturated rings. The van der Waals surface area contributed by atoms with Crippen molar-refractivity contribution in [2.24, 2.45) is 0 Å². The highest BCUT2D eigenvalue weighted by molar-refractivity contribution is 9.09. The van der Waals surface area contributed by atoms with E-state index in [1.807, 2.05) is 6.92 Å². The van der Waals surface area contributed by atoms with Crippen molar-refractivity contribution >= 4 is 21.8 Å². The summed E-state index contributed by atoms with van der Waals surface area (Å²) in [6.45, 7) is 3.68. The van der Waals surface area contributed by atoms with E-state index in [-0.39, 0.29) is 10.9 Å². The molecule has 0 aromatic heterocycles. The standard InChI is InChI=1S/C9H15BrF3NO/c1-6(10)5-7(2)14-8(15)3-4-9(11,12)13/h6-7H,3-5H2,1-2H3,(H,14,15). The van der Waals surface area contributed by atoms with Gasteiger partial charge in [-0.25, -0.2) is 0 Å². The third-order valence-electron chi connectivity index (χ3n) is 1.72. The number of nitrogens with one attached hydrogen (secondary N) is 1. The number of amides is 1. The van der Waals surface area contributed by atoms with Crippen LogP contribution in [0.2, 0.25) is 0 Å². The molecule has 6 heteroatoms. The lowest BCUT2D eigenvalue weighted by molar-refractivity contribution is -0.144. The number of alkyl halides is 4. The highest BCUT2D eigenvalue weighted by Crippen LogP contribution is 2.21. The van der Waals surface area contributed by atoms with E-state index in [1.54, 1.807) is 6.92 Å². The van der Waals surface area contributed by atoms with E-state index in [1.165, 1.54) is 0 Å². The fourth-order valence-corrected chi connectivity index (χ4v) is 1.71. The summed E-state index contributed by atoms with van der Waals surface area (Å²) in [7, 11) is 0. The Morgan fingerprint density at radius 2 is 1.93 bits per heavy atom. The van der Waals surface area contributed by atoms with Crippen LogP contribution in [0.1, 0.15) is 33.1 Å². The normalized spacial score (nSPS) is 15.9. The lowest BCUT2D eigenvalue weighted by Crippen LogP contribution is -2.34. The monoisotopic (exact) mass is 289 g/mol. The van der Waals surface area contributed by atoms with Crippen LogP contribution in [0.15, 0.2) is 0 Å². The van der Waals surface area contributed by atoms with Crippen molar-refractivity contribution in [3.63, 3.8) is 0 Å². The Balaban J connectivity index is 3.74. The van der Waals surface area contributed by atoms with Crippen LogP contribution in [-0.4, -0.2) is 23.0 Å². The van der Waals surface area contributed by atoms with Crippen LogP contribution in [0.4, 0.5) is 13.2 Å². The summed E-state index contributed by atoms with van der Waals surface area (Å²) < 4.78 is 35.3. The molecule has 1 amide bonds. The second-order valence-corrected chi connectivity index (χ2v) is 5.16. The van der Waals surface area contributed by atoms with Crippen LogP contribution < -0.4 is 5.32 Å².